The van der Waals surface area contributed by atoms with E-state index in [1.54, 1.807) is 33.1 Å². The van der Waals surface area contributed by atoms with Gasteiger partial charge in [-0.15, -0.1) is 0 Å². The molecule has 0 aliphatic carbocycles. The fourth-order valence-electron chi connectivity index (χ4n) is 2.98. The first-order chi connectivity index (χ1) is 13.9. The first kappa shape index (κ1) is 22.7. The van der Waals surface area contributed by atoms with E-state index in [1.165, 1.54) is 16.4 Å². The third-order valence-electron chi connectivity index (χ3n) is 4.41. The predicted octanol–water partition coefficient (Wildman–Crippen LogP) is 3.31. The first-order valence-corrected chi connectivity index (χ1v) is 11.0. The van der Waals surface area contributed by atoms with Crippen LogP contribution in [0.3, 0.4) is 0 Å². The van der Waals surface area contributed by atoms with Gasteiger partial charge in [-0.25, -0.2) is 8.42 Å². The van der Waals surface area contributed by atoms with Crippen LogP contribution in [0.15, 0.2) is 47.4 Å². The van der Waals surface area contributed by atoms with Gasteiger partial charge in [0.2, 0.25) is 15.9 Å². The van der Waals surface area contributed by atoms with Gasteiger partial charge in [-0.05, 0) is 31.2 Å². The van der Waals surface area contributed by atoms with Crippen LogP contribution in [0.4, 0.5) is 5.69 Å². The molecule has 0 radical (unpaired) electrons. The number of hydrogen-bond donors (Lipinski definition) is 1. The molecule has 0 atom stereocenters. The molecule has 0 heterocycles. The van der Waals surface area contributed by atoms with Crippen LogP contribution in [-0.2, 0) is 21.2 Å². The van der Waals surface area contributed by atoms with E-state index in [-0.39, 0.29) is 17.2 Å². The van der Waals surface area contributed by atoms with Crippen molar-refractivity contribution in [3.05, 3.63) is 48.0 Å². The molecule has 0 unspecified atom stereocenters. The second-order valence-electron chi connectivity index (χ2n) is 6.22. The average Bonchev–Trinajstić information content (AvgIpc) is 2.70. The molecule has 0 saturated carbocycles. The Kier molecular flexibility index (Phi) is 8.04. The molecule has 29 heavy (non-hydrogen) atoms. The molecule has 0 fully saturated rings. The molecule has 8 heteroatoms. The summed E-state index contributed by atoms with van der Waals surface area (Å²) in [5, 5.41) is 2.78. The Balaban J connectivity index is 2.33. The van der Waals surface area contributed by atoms with Gasteiger partial charge in [-0.2, -0.15) is 4.31 Å². The van der Waals surface area contributed by atoms with E-state index < -0.39 is 10.0 Å². The van der Waals surface area contributed by atoms with Gasteiger partial charge in [0, 0.05) is 18.7 Å². The van der Waals surface area contributed by atoms with Crippen molar-refractivity contribution in [2.24, 2.45) is 0 Å². The summed E-state index contributed by atoms with van der Waals surface area (Å²) < 4.78 is 37.9. The largest absolute Gasteiger partial charge is 0.496 e. The lowest BCUT2D eigenvalue weighted by Crippen LogP contribution is -2.30. The van der Waals surface area contributed by atoms with E-state index in [0.29, 0.717) is 36.9 Å². The zero-order valence-corrected chi connectivity index (χ0v) is 18.1. The molecule has 2 aromatic rings. The normalized spacial score (nSPS) is 11.3. The van der Waals surface area contributed by atoms with Gasteiger partial charge in [-0.3, -0.25) is 4.79 Å². The Morgan fingerprint density at radius 2 is 1.72 bits per heavy atom. The summed E-state index contributed by atoms with van der Waals surface area (Å²) in [4.78, 5) is 12.7. The number of sulfonamides is 1. The highest BCUT2D eigenvalue weighted by Crippen LogP contribution is 2.30. The number of rotatable bonds is 10. The summed E-state index contributed by atoms with van der Waals surface area (Å²) in [6, 6.07) is 11.8. The SMILES string of the molecule is CCOc1ccc(S(=O)(=O)N(CC)CC)cc1NC(=O)Cc1ccccc1OC. The minimum absolute atomic E-state index is 0.0859. The summed E-state index contributed by atoms with van der Waals surface area (Å²) in [7, 11) is -2.11. The number of ether oxygens (including phenoxy) is 2. The molecule has 2 aromatic carbocycles. The summed E-state index contributed by atoms with van der Waals surface area (Å²) in [5.74, 6) is 0.734. The van der Waals surface area contributed by atoms with Crippen molar-refractivity contribution >= 4 is 21.6 Å². The maximum atomic E-state index is 12.8. The number of amides is 1. The molecule has 0 aliphatic heterocycles. The van der Waals surface area contributed by atoms with Gasteiger partial charge >= 0.3 is 0 Å². The first-order valence-electron chi connectivity index (χ1n) is 9.56. The number of anilines is 1. The Morgan fingerprint density at radius 1 is 1.03 bits per heavy atom. The molecule has 158 valence electrons. The van der Waals surface area contributed by atoms with E-state index in [0.717, 1.165) is 5.56 Å². The third kappa shape index (κ3) is 5.48. The van der Waals surface area contributed by atoms with E-state index in [4.69, 9.17) is 9.47 Å². The van der Waals surface area contributed by atoms with Crippen LogP contribution in [0.5, 0.6) is 11.5 Å². The predicted molar refractivity (Wildman–Crippen MR) is 113 cm³/mol. The molecule has 1 N–H and O–H groups in total. The second kappa shape index (κ2) is 10.3. The van der Waals surface area contributed by atoms with E-state index in [1.807, 2.05) is 25.1 Å². The molecule has 2 rings (SSSR count). The highest BCUT2D eigenvalue weighted by Gasteiger charge is 2.23. The lowest BCUT2D eigenvalue weighted by Gasteiger charge is -2.20. The van der Waals surface area contributed by atoms with Crippen LogP contribution < -0.4 is 14.8 Å². The fraction of sp³-hybridized carbons (Fsp3) is 0.381. The van der Waals surface area contributed by atoms with Gasteiger partial charge in [-0.1, -0.05) is 32.0 Å². The van der Waals surface area contributed by atoms with E-state index >= 15 is 0 Å². The number of carbonyl (C=O) groups excluding carboxylic acids is 1. The van der Waals surface area contributed by atoms with Gasteiger partial charge in [0.1, 0.15) is 11.5 Å². The maximum Gasteiger partial charge on any atom is 0.243 e. The monoisotopic (exact) mass is 420 g/mol. The van der Waals surface area contributed by atoms with E-state index in [2.05, 4.69) is 5.32 Å². The van der Waals surface area contributed by atoms with Gasteiger partial charge in [0.25, 0.3) is 0 Å². The molecule has 0 spiro atoms. The molecular weight excluding hydrogens is 392 g/mol. The molecule has 1 amide bonds. The summed E-state index contributed by atoms with van der Waals surface area (Å²) in [6.45, 7) is 6.50. The topological polar surface area (TPSA) is 84.9 Å². The smallest absolute Gasteiger partial charge is 0.243 e. The van der Waals surface area contributed by atoms with Crippen LogP contribution in [-0.4, -0.2) is 45.4 Å². The van der Waals surface area contributed by atoms with Crippen LogP contribution in [0, 0.1) is 0 Å². The van der Waals surface area contributed by atoms with Crippen LogP contribution in [0.25, 0.3) is 0 Å². The number of hydrogen-bond acceptors (Lipinski definition) is 5. The number of methoxy groups -OCH3 is 1. The van der Waals surface area contributed by atoms with Crippen molar-refractivity contribution < 1.29 is 22.7 Å². The average molecular weight is 421 g/mol. The van der Waals surface area contributed by atoms with Crippen molar-refractivity contribution in [2.45, 2.75) is 32.1 Å². The number of benzene rings is 2. The zero-order chi connectivity index (χ0) is 21.4. The lowest BCUT2D eigenvalue weighted by molar-refractivity contribution is -0.115. The summed E-state index contributed by atoms with van der Waals surface area (Å²) in [6.07, 6.45) is 0.0859. The molecule has 7 nitrogen and oxygen atoms in total. The van der Waals surface area contributed by atoms with Crippen molar-refractivity contribution in [3.63, 3.8) is 0 Å². The van der Waals surface area contributed by atoms with Crippen molar-refractivity contribution in [1.82, 2.24) is 4.31 Å². The number of para-hydroxylation sites is 1. The molecular formula is C21H28N2O5S. The number of nitrogens with zero attached hydrogens (tertiary/aromatic N) is 1. The van der Waals surface area contributed by atoms with Crippen molar-refractivity contribution in [3.8, 4) is 11.5 Å². The Hall–Kier alpha value is -2.58. The summed E-state index contributed by atoms with van der Waals surface area (Å²) >= 11 is 0. The Bertz CT molecular complexity index is 940. The third-order valence-corrected chi connectivity index (χ3v) is 6.46. The van der Waals surface area contributed by atoms with Crippen LogP contribution in [0.2, 0.25) is 0 Å². The standard InChI is InChI=1S/C21H28N2O5S/c1-5-23(6-2)29(25,26)17-12-13-20(28-7-3)18(15-17)22-21(24)14-16-10-8-9-11-19(16)27-4/h8-13,15H,5-7,14H2,1-4H3,(H,22,24). The minimum Gasteiger partial charge on any atom is -0.496 e. The zero-order valence-electron chi connectivity index (χ0n) is 17.3. The summed E-state index contributed by atoms with van der Waals surface area (Å²) in [5.41, 5.74) is 1.05. The maximum absolute atomic E-state index is 12.8. The highest BCUT2D eigenvalue weighted by atomic mass is 32.2. The Morgan fingerprint density at radius 3 is 2.34 bits per heavy atom. The molecule has 0 saturated heterocycles. The van der Waals surface area contributed by atoms with Crippen molar-refractivity contribution in [2.75, 3.05) is 32.1 Å². The second-order valence-corrected chi connectivity index (χ2v) is 8.16. The molecule has 0 aliphatic rings. The van der Waals surface area contributed by atoms with Crippen LogP contribution >= 0.6 is 0 Å². The fourth-order valence-corrected chi connectivity index (χ4v) is 4.46. The van der Waals surface area contributed by atoms with Gasteiger partial charge in [0.05, 0.1) is 30.7 Å². The lowest BCUT2D eigenvalue weighted by atomic mass is 10.1. The van der Waals surface area contributed by atoms with Crippen LogP contribution in [0.1, 0.15) is 26.3 Å². The molecule has 0 aromatic heterocycles. The highest BCUT2D eigenvalue weighted by molar-refractivity contribution is 7.89. The minimum atomic E-state index is -3.65. The number of nitrogens with one attached hydrogen (secondary N) is 1. The number of carbonyl (C=O) groups is 1. The van der Waals surface area contributed by atoms with Gasteiger partial charge in [0.15, 0.2) is 0 Å². The van der Waals surface area contributed by atoms with E-state index in [9.17, 15) is 13.2 Å². The van der Waals surface area contributed by atoms with Crippen molar-refractivity contribution in [1.29, 1.82) is 0 Å². The van der Waals surface area contributed by atoms with Gasteiger partial charge < -0.3 is 14.8 Å². The molecule has 0 bridgehead atoms. The Labute approximate surface area is 172 Å². The quantitative estimate of drug-likeness (QED) is 0.637.